The number of benzene rings is 1. The van der Waals surface area contributed by atoms with E-state index in [0.29, 0.717) is 24.2 Å². The van der Waals surface area contributed by atoms with Gasteiger partial charge in [-0.25, -0.2) is 4.79 Å². The third kappa shape index (κ3) is 6.50. The number of carbonyl (C=O) groups is 3. The van der Waals surface area contributed by atoms with Crippen LogP contribution >= 0.6 is 0 Å². The van der Waals surface area contributed by atoms with Crippen molar-refractivity contribution in [3.05, 3.63) is 29.8 Å². The number of rotatable bonds is 8. The number of hydrogen-bond acceptors (Lipinski definition) is 4. The van der Waals surface area contributed by atoms with Crippen LogP contribution in [0.2, 0.25) is 0 Å². The fourth-order valence-electron chi connectivity index (χ4n) is 2.00. The number of unbranched alkanes of at least 4 members (excludes halogenated alkanes) is 1. The molecule has 126 valence electrons. The van der Waals surface area contributed by atoms with Gasteiger partial charge in [-0.2, -0.15) is 0 Å². The van der Waals surface area contributed by atoms with Crippen LogP contribution in [0.5, 0.6) is 0 Å². The number of carbonyl (C=O) groups excluding carboxylic acids is 3. The Morgan fingerprint density at radius 3 is 2.57 bits per heavy atom. The molecule has 0 saturated heterocycles. The molecule has 1 aromatic carbocycles. The molecule has 6 nitrogen and oxygen atoms in total. The molecule has 1 unspecified atom stereocenters. The maximum atomic E-state index is 12.5. The minimum absolute atomic E-state index is 0.215. The number of nitrogens with one attached hydrogen (secondary N) is 2. The van der Waals surface area contributed by atoms with E-state index in [2.05, 4.69) is 10.6 Å². The summed E-state index contributed by atoms with van der Waals surface area (Å²) in [5.74, 6) is -0.501. The molecule has 0 aliphatic heterocycles. The zero-order chi connectivity index (χ0) is 17.2. The van der Waals surface area contributed by atoms with Crippen LogP contribution in [0.4, 0.5) is 10.5 Å². The third-order valence-electron chi connectivity index (χ3n) is 3.18. The molecule has 23 heavy (non-hydrogen) atoms. The van der Waals surface area contributed by atoms with Gasteiger partial charge < -0.3 is 15.4 Å². The lowest BCUT2D eigenvalue weighted by molar-refractivity contribution is -0.114. The Hall–Kier alpha value is -2.37. The Morgan fingerprint density at radius 2 is 1.96 bits per heavy atom. The molecule has 0 saturated carbocycles. The molecule has 0 aliphatic rings. The molecule has 2 amide bonds. The topological polar surface area (TPSA) is 84.5 Å². The molecule has 0 radical (unpaired) electrons. The summed E-state index contributed by atoms with van der Waals surface area (Å²) in [6.45, 7) is 5.72. The van der Waals surface area contributed by atoms with Crippen LogP contribution in [0.15, 0.2) is 24.3 Å². The quantitative estimate of drug-likeness (QED) is 0.569. The molecule has 6 heteroatoms. The number of hydrogen-bond donors (Lipinski definition) is 2. The second kappa shape index (κ2) is 9.61. The number of Topliss-reactive ketones (excluding diaryl/α,β-unsaturated/α-hetero) is 1. The molecule has 0 heterocycles. The molecular formula is C17H24N2O4. The summed E-state index contributed by atoms with van der Waals surface area (Å²) in [6.07, 6.45) is 0.774. The summed E-state index contributed by atoms with van der Waals surface area (Å²) in [5, 5.41) is 5.24. The van der Waals surface area contributed by atoms with Gasteiger partial charge in [0.15, 0.2) is 6.10 Å². The van der Waals surface area contributed by atoms with E-state index >= 15 is 0 Å². The van der Waals surface area contributed by atoms with Crippen LogP contribution in [0, 0.1) is 0 Å². The smallest absolute Gasteiger partial charge is 0.407 e. The lowest BCUT2D eigenvalue weighted by atomic mass is 10.0. The molecule has 0 fully saturated rings. The molecule has 1 rings (SSSR count). The number of ketones is 1. The molecule has 0 bridgehead atoms. The minimum Gasteiger partial charge on any atom is -0.438 e. The highest BCUT2D eigenvalue weighted by molar-refractivity contribution is 6.01. The van der Waals surface area contributed by atoms with E-state index in [1.807, 2.05) is 6.92 Å². The molecule has 1 atom stereocenters. The van der Waals surface area contributed by atoms with E-state index < -0.39 is 12.2 Å². The normalized spacial score (nSPS) is 11.4. The summed E-state index contributed by atoms with van der Waals surface area (Å²) < 4.78 is 5.20. The van der Waals surface area contributed by atoms with Crippen molar-refractivity contribution < 1.29 is 19.1 Å². The van der Waals surface area contributed by atoms with E-state index in [9.17, 15) is 14.4 Å². The van der Waals surface area contributed by atoms with Crippen molar-refractivity contribution in [1.82, 2.24) is 5.32 Å². The summed E-state index contributed by atoms with van der Waals surface area (Å²) in [4.78, 5) is 35.2. The van der Waals surface area contributed by atoms with Crippen molar-refractivity contribution >= 4 is 23.5 Å². The number of amides is 2. The van der Waals surface area contributed by atoms with Gasteiger partial charge in [-0.15, -0.1) is 0 Å². The lowest BCUT2D eigenvalue weighted by Crippen LogP contribution is -2.33. The van der Waals surface area contributed by atoms with Gasteiger partial charge in [0.1, 0.15) is 0 Å². The SMILES string of the molecule is CCCCNC(=O)OC(CC)C(=O)c1cccc(NC(C)=O)c1. The number of alkyl carbamates (subject to hydrolysis) is 1. The van der Waals surface area contributed by atoms with Gasteiger partial charge in [-0.3, -0.25) is 9.59 Å². The van der Waals surface area contributed by atoms with E-state index in [1.54, 1.807) is 31.2 Å². The Kier molecular flexibility index (Phi) is 7.80. The van der Waals surface area contributed by atoms with Crippen molar-refractivity contribution in [1.29, 1.82) is 0 Å². The average Bonchev–Trinajstić information content (AvgIpc) is 2.52. The molecule has 1 aromatic rings. The summed E-state index contributed by atoms with van der Waals surface area (Å²) in [5.41, 5.74) is 0.926. The Morgan fingerprint density at radius 1 is 1.22 bits per heavy atom. The first-order chi connectivity index (χ1) is 11.0. The number of anilines is 1. The summed E-state index contributed by atoms with van der Waals surface area (Å²) in [6, 6.07) is 6.57. The largest absolute Gasteiger partial charge is 0.438 e. The van der Waals surface area contributed by atoms with Crippen molar-refractivity contribution in [2.24, 2.45) is 0 Å². The lowest BCUT2D eigenvalue weighted by Gasteiger charge is -2.16. The van der Waals surface area contributed by atoms with Crippen LogP contribution in [0.1, 0.15) is 50.4 Å². The highest BCUT2D eigenvalue weighted by Crippen LogP contribution is 2.15. The van der Waals surface area contributed by atoms with E-state index in [-0.39, 0.29) is 11.7 Å². The second-order valence-electron chi connectivity index (χ2n) is 5.21. The van der Waals surface area contributed by atoms with Gasteiger partial charge >= 0.3 is 6.09 Å². The maximum absolute atomic E-state index is 12.5. The van der Waals surface area contributed by atoms with Crippen LogP contribution in [-0.4, -0.2) is 30.4 Å². The summed E-state index contributed by atoms with van der Waals surface area (Å²) >= 11 is 0. The zero-order valence-electron chi connectivity index (χ0n) is 13.8. The van der Waals surface area contributed by atoms with Gasteiger partial charge in [-0.1, -0.05) is 32.4 Å². The van der Waals surface area contributed by atoms with Crippen LogP contribution in [0.25, 0.3) is 0 Å². The highest BCUT2D eigenvalue weighted by Gasteiger charge is 2.22. The number of ether oxygens (including phenoxy) is 1. The predicted octanol–water partition coefficient (Wildman–Crippen LogP) is 3.13. The van der Waals surface area contributed by atoms with E-state index in [0.717, 1.165) is 12.8 Å². The molecule has 0 aromatic heterocycles. The van der Waals surface area contributed by atoms with Crippen LogP contribution in [-0.2, 0) is 9.53 Å². The fraction of sp³-hybridized carbons (Fsp3) is 0.471. The van der Waals surface area contributed by atoms with Crippen LogP contribution in [0.3, 0.4) is 0 Å². The molecular weight excluding hydrogens is 296 g/mol. The van der Waals surface area contributed by atoms with E-state index in [1.165, 1.54) is 6.92 Å². The van der Waals surface area contributed by atoms with Gasteiger partial charge in [-0.05, 0) is 25.0 Å². The van der Waals surface area contributed by atoms with E-state index in [4.69, 9.17) is 4.74 Å². The minimum atomic E-state index is -0.843. The maximum Gasteiger partial charge on any atom is 0.407 e. The Labute approximate surface area is 136 Å². The molecule has 0 spiro atoms. The average molecular weight is 320 g/mol. The second-order valence-corrected chi connectivity index (χ2v) is 5.21. The van der Waals surface area contributed by atoms with Gasteiger partial charge in [0.2, 0.25) is 11.7 Å². The Bertz CT molecular complexity index is 557. The fourth-order valence-corrected chi connectivity index (χ4v) is 2.00. The zero-order valence-corrected chi connectivity index (χ0v) is 13.8. The molecule has 2 N–H and O–H groups in total. The third-order valence-corrected chi connectivity index (χ3v) is 3.18. The Balaban J connectivity index is 2.72. The first-order valence-corrected chi connectivity index (χ1v) is 7.84. The summed E-state index contributed by atoms with van der Waals surface area (Å²) in [7, 11) is 0. The van der Waals surface area contributed by atoms with Crippen molar-refractivity contribution in [2.45, 2.75) is 46.1 Å². The van der Waals surface area contributed by atoms with Crippen molar-refractivity contribution in [2.75, 3.05) is 11.9 Å². The van der Waals surface area contributed by atoms with Gasteiger partial charge in [0, 0.05) is 24.7 Å². The van der Waals surface area contributed by atoms with Gasteiger partial charge in [0.25, 0.3) is 0 Å². The van der Waals surface area contributed by atoms with Crippen LogP contribution < -0.4 is 10.6 Å². The van der Waals surface area contributed by atoms with Crippen molar-refractivity contribution in [3.8, 4) is 0 Å². The first-order valence-electron chi connectivity index (χ1n) is 7.84. The molecule has 0 aliphatic carbocycles. The predicted molar refractivity (Wildman–Crippen MR) is 88.5 cm³/mol. The van der Waals surface area contributed by atoms with Gasteiger partial charge in [0.05, 0.1) is 0 Å². The van der Waals surface area contributed by atoms with Crippen molar-refractivity contribution in [3.63, 3.8) is 0 Å². The monoisotopic (exact) mass is 320 g/mol. The highest BCUT2D eigenvalue weighted by atomic mass is 16.6. The standard InChI is InChI=1S/C17H24N2O4/c1-4-6-10-18-17(22)23-15(5-2)16(21)13-8-7-9-14(11-13)19-12(3)20/h7-9,11,15H,4-6,10H2,1-3H3,(H,18,22)(H,19,20). The first kappa shape index (κ1) is 18.7.